The Morgan fingerprint density at radius 3 is 2.59 bits per heavy atom. The standard InChI is InChI=1S/C19H35NO2/c1-3-4-5-9-13-18-14-12-17-20(18)16-11-8-6-7-10-15-19(21)22-2/h12,17-18H,3-11,13-16H2,1-2H3. The molecule has 0 bridgehead atoms. The van der Waals surface area contributed by atoms with Gasteiger partial charge in [-0.25, -0.2) is 0 Å². The Hall–Kier alpha value is -0.990. The van der Waals surface area contributed by atoms with Crippen LogP contribution in [0.25, 0.3) is 0 Å². The summed E-state index contributed by atoms with van der Waals surface area (Å²) in [6.45, 7) is 3.47. The molecule has 0 aromatic carbocycles. The van der Waals surface area contributed by atoms with E-state index in [9.17, 15) is 4.79 Å². The highest BCUT2D eigenvalue weighted by Crippen LogP contribution is 2.21. The Morgan fingerprint density at radius 1 is 1.09 bits per heavy atom. The van der Waals surface area contributed by atoms with E-state index in [1.165, 1.54) is 71.4 Å². The second kappa shape index (κ2) is 12.5. The number of hydrogen-bond acceptors (Lipinski definition) is 3. The van der Waals surface area contributed by atoms with Crippen LogP contribution in [0.4, 0.5) is 0 Å². The van der Waals surface area contributed by atoms with Crippen LogP contribution in [0.1, 0.15) is 84.0 Å². The van der Waals surface area contributed by atoms with Crippen molar-refractivity contribution in [3.05, 3.63) is 12.3 Å². The van der Waals surface area contributed by atoms with Gasteiger partial charge in [-0.15, -0.1) is 0 Å². The average Bonchev–Trinajstić information content (AvgIpc) is 2.97. The van der Waals surface area contributed by atoms with Crippen LogP contribution < -0.4 is 0 Å². The molecule has 1 aliphatic heterocycles. The monoisotopic (exact) mass is 309 g/mol. The maximum Gasteiger partial charge on any atom is 0.305 e. The lowest BCUT2D eigenvalue weighted by Gasteiger charge is -2.25. The van der Waals surface area contributed by atoms with Crippen LogP contribution in [0.5, 0.6) is 0 Å². The van der Waals surface area contributed by atoms with Gasteiger partial charge < -0.3 is 9.64 Å². The Morgan fingerprint density at radius 2 is 1.82 bits per heavy atom. The smallest absolute Gasteiger partial charge is 0.305 e. The number of carbonyl (C=O) groups excluding carboxylic acids is 1. The lowest BCUT2D eigenvalue weighted by Crippen LogP contribution is -2.27. The van der Waals surface area contributed by atoms with Gasteiger partial charge in [0.1, 0.15) is 0 Å². The summed E-state index contributed by atoms with van der Waals surface area (Å²) in [5.74, 6) is -0.0758. The van der Waals surface area contributed by atoms with Gasteiger partial charge in [-0.3, -0.25) is 4.79 Å². The number of nitrogens with zero attached hydrogens (tertiary/aromatic N) is 1. The van der Waals surface area contributed by atoms with E-state index in [1.807, 2.05) is 0 Å². The van der Waals surface area contributed by atoms with E-state index in [4.69, 9.17) is 0 Å². The maximum atomic E-state index is 11.0. The average molecular weight is 309 g/mol. The minimum absolute atomic E-state index is 0.0758. The quantitative estimate of drug-likeness (QED) is 0.352. The highest BCUT2D eigenvalue weighted by atomic mass is 16.5. The fourth-order valence-corrected chi connectivity index (χ4v) is 3.15. The third-order valence-corrected chi connectivity index (χ3v) is 4.59. The first-order valence-electron chi connectivity index (χ1n) is 9.27. The molecule has 22 heavy (non-hydrogen) atoms. The summed E-state index contributed by atoms with van der Waals surface area (Å²) in [5, 5.41) is 0. The maximum absolute atomic E-state index is 11.0. The minimum Gasteiger partial charge on any atom is -0.469 e. The second-order valence-corrected chi connectivity index (χ2v) is 6.46. The molecule has 3 nitrogen and oxygen atoms in total. The van der Waals surface area contributed by atoms with Crippen molar-refractivity contribution in [2.75, 3.05) is 13.7 Å². The summed E-state index contributed by atoms with van der Waals surface area (Å²) in [6, 6.07) is 0.760. The van der Waals surface area contributed by atoms with Crippen LogP contribution in [0, 0.1) is 0 Å². The lowest BCUT2D eigenvalue weighted by atomic mass is 10.0. The Labute approximate surface area is 137 Å². The number of ether oxygens (including phenoxy) is 1. The summed E-state index contributed by atoms with van der Waals surface area (Å²) in [7, 11) is 1.46. The van der Waals surface area contributed by atoms with Gasteiger partial charge in [-0.1, -0.05) is 57.9 Å². The molecule has 0 aliphatic carbocycles. The Kier molecular flexibility index (Phi) is 10.9. The van der Waals surface area contributed by atoms with Crippen LogP contribution >= 0.6 is 0 Å². The first-order valence-corrected chi connectivity index (χ1v) is 9.27. The van der Waals surface area contributed by atoms with Crippen LogP contribution in [-0.2, 0) is 9.53 Å². The van der Waals surface area contributed by atoms with Gasteiger partial charge in [0.15, 0.2) is 0 Å². The summed E-state index contributed by atoms with van der Waals surface area (Å²) in [4.78, 5) is 13.6. The zero-order chi connectivity index (χ0) is 16.0. The number of esters is 1. The van der Waals surface area contributed by atoms with E-state index < -0.39 is 0 Å². The predicted octanol–water partition coefficient (Wildman–Crippen LogP) is 5.06. The molecule has 0 saturated carbocycles. The largest absolute Gasteiger partial charge is 0.469 e. The number of rotatable bonds is 13. The molecule has 0 saturated heterocycles. The molecule has 1 rings (SSSR count). The fraction of sp³-hybridized carbons (Fsp3) is 0.842. The summed E-state index contributed by atoms with van der Waals surface area (Å²) < 4.78 is 4.65. The van der Waals surface area contributed by atoms with E-state index in [-0.39, 0.29) is 5.97 Å². The highest BCUT2D eigenvalue weighted by molar-refractivity contribution is 5.68. The van der Waals surface area contributed by atoms with E-state index in [0.717, 1.165) is 18.9 Å². The highest BCUT2D eigenvalue weighted by Gasteiger charge is 2.17. The predicted molar refractivity (Wildman–Crippen MR) is 92.7 cm³/mol. The molecular weight excluding hydrogens is 274 g/mol. The van der Waals surface area contributed by atoms with E-state index in [0.29, 0.717) is 6.42 Å². The van der Waals surface area contributed by atoms with Crippen molar-refractivity contribution < 1.29 is 9.53 Å². The first-order chi connectivity index (χ1) is 10.8. The second-order valence-electron chi connectivity index (χ2n) is 6.46. The molecule has 0 N–H and O–H groups in total. The normalized spacial score (nSPS) is 17.2. The topological polar surface area (TPSA) is 29.5 Å². The molecule has 1 aliphatic rings. The molecule has 0 fully saturated rings. The van der Waals surface area contributed by atoms with Crippen molar-refractivity contribution in [2.45, 2.75) is 90.0 Å². The van der Waals surface area contributed by atoms with Crippen LogP contribution in [0.3, 0.4) is 0 Å². The van der Waals surface area contributed by atoms with Crippen LogP contribution in [0.15, 0.2) is 12.3 Å². The number of carbonyl (C=O) groups is 1. The molecule has 128 valence electrons. The SMILES string of the molecule is CCCCCCC1CC=CN1CCCCCCCC(=O)OC. The Balaban J connectivity index is 1.98. The molecule has 3 heteroatoms. The minimum atomic E-state index is -0.0758. The molecule has 0 radical (unpaired) electrons. The molecule has 0 spiro atoms. The number of methoxy groups -OCH3 is 1. The van der Waals surface area contributed by atoms with Crippen LogP contribution in [-0.4, -0.2) is 30.6 Å². The van der Waals surface area contributed by atoms with Gasteiger partial charge >= 0.3 is 5.97 Å². The summed E-state index contributed by atoms with van der Waals surface area (Å²) in [6.07, 6.45) is 19.2. The third-order valence-electron chi connectivity index (χ3n) is 4.59. The van der Waals surface area contributed by atoms with Gasteiger partial charge in [0.05, 0.1) is 7.11 Å². The van der Waals surface area contributed by atoms with Gasteiger partial charge in [0.2, 0.25) is 0 Å². The fourth-order valence-electron chi connectivity index (χ4n) is 3.15. The van der Waals surface area contributed by atoms with Crippen molar-refractivity contribution in [1.82, 2.24) is 4.90 Å². The molecule has 1 atom stereocenters. The van der Waals surface area contributed by atoms with Gasteiger partial charge in [-0.2, -0.15) is 0 Å². The van der Waals surface area contributed by atoms with Crippen molar-refractivity contribution in [3.63, 3.8) is 0 Å². The van der Waals surface area contributed by atoms with Gasteiger partial charge in [0, 0.05) is 19.0 Å². The van der Waals surface area contributed by atoms with Gasteiger partial charge in [0.25, 0.3) is 0 Å². The Bertz CT molecular complexity index is 315. The van der Waals surface area contributed by atoms with Crippen molar-refractivity contribution in [3.8, 4) is 0 Å². The molecule has 1 heterocycles. The van der Waals surface area contributed by atoms with Gasteiger partial charge in [-0.05, 0) is 31.9 Å². The number of unbranched alkanes of at least 4 members (excludes halogenated alkanes) is 7. The molecule has 0 amide bonds. The zero-order valence-electron chi connectivity index (χ0n) is 14.7. The summed E-state index contributed by atoms with van der Waals surface area (Å²) in [5.41, 5.74) is 0. The molecule has 0 aromatic rings. The van der Waals surface area contributed by atoms with Crippen molar-refractivity contribution in [1.29, 1.82) is 0 Å². The first kappa shape index (κ1) is 19.1. The zero-order valence-corrected chi connectivity index (χ0v) is 14.7. The van der Waals surface area contributed by atoms with Crippen molar-refractivity contribution >= 4 is 5.97 Å². The molecule has 0 aromatic heterocycles. The van der Waals surface area contributed by atoms with Crippen molar-refractivity contribution in [2.24, 2.45) is 0 Å². The van der Waals surface area contributed by atoms with Crippen LogP contribution in [0.2, 0.25) is 0 Å². The van der Waals surface area contributed by atoms with E-state index in [1.54, 1.807) is 0 Å². The summed E-state index contributed by atoms with van der Waals surface area (Å²) >= 11 is 0. The third kappa shape index (κ3) is 8.45. The molecule has 1 unspecified atom stereocenters. The molecular formula is C19H35NO2. The number of hydrogen-bond donors (Lipinski definition) is 0. The lowest BCUT2D eigenvalue weighted by molar-refractivity contribution is -0.140. The van der Waals surface area contributed by atoms with E-state index in [2.05, 4.69) is 28.8 Å². The van der Waals surface area contributed by atoms with E-state index >= 15 is 0 Å².